The van der Waals surface area contributed by atoms with Crippen molar-refractivity contribution in [3.05, 3.63) is 90.0 Å². The van der Waals surface area contributed by atoms with E-state index in [4.69, 9.17) is 9.26 Å². The quantitative estimate of drug-likeness (QED) is 0.463. The third-order valence-corrected chi connectivity index (χ3v) is 4.88. The SMILES string of the molecule is Cc1ccc(-c2noc(-c3ccc(OCC(=O)N[C@H](C)c4ccccc4)cc3)n2)cc1. The van der Waals surface area contributed by atoms with E-state index in [2.05, 4.69) is 15.5 Å². The van der Waals surface area contributed by atoms with E-state index in [9.17, 15) is 4.79 Å². The van der Waals surface area contributed by atoms with E-state index < -0.39 is 0 Å². The predicted octanol–water partition coefficient (Wildman–Crippen LogP) is 4.97. The highest BCUT2D eigenvalue weighted by molar-refractivity contribution is 5.78. The average molecular weight is 413 g/mol. The lowest BCUT2D eigenvalue weighted by atomic mass is 10.1. The summed E-state index contributed by atoms with van der Waals surface area (Å²) in [6.45, 7) is 3.91. The van der Waals surface area contributed by atoms with Crippen molar-refractivity contribution < 1.29 is 14.1 Å². The Bertz CT molecular complexity index is 1140. The predicted molar refractivity (Wildman–Crippen MR) is 118 cm³/mol. The maximum atomic E-state index is 12.2. The first-order valence-corrected chi connectivity index (χ1v) is 10.1. The first-order valence-electron chi connectivity index (χ1n) is 10.1. The Morgan fingerprint density at radius 2 is 1.65 bits per heavy atom. The summed E-state index contributed by atoms with van der Waals surface area (Å²) in [5, 5.41) is 6.98. The third kappa shape index (κ3) is 5.17. The maximum Gasteiger partial charge on any atom is 0.258 e. The van der Waals surface area contributed by atoms with E-state index in [1.165, 1.54) is 5.56 Å². The number of aromatic nitrogens is 2. The number of carbonyl (C=O) groups is 1. The van der Waals surface area contributed by atoms with Crippen LogP contribution < -0.4 is 10.1 Å². The van der Waals surface area contributed by atoms with Crippen molar-refractivity contribution in [1.82, 2.24) is 15.5 Å². The number of nitrogens with one attached hydrogen (secondary N) is 1. The monoisotopic (exact) mass is 413 g/mol. The molecule has 6 nitrogen and oxygen atoms in total. The van der Waals surface area contributed by atoms with E-state index in [1.807, 2.05) is 80.6 Å². The summed E-state index contributed by atoms with van der Waals surface area (Å²) in [5.41, 5.74) is 3.90. The molecule has 156 valence electrons. The van der Waals surface area contributed by atoms with Crippen molar-refractivity contribution in [3.63, 3.8) is 0 Å². The Morgan fingerprint density at radius 1 is 0.968 bits per heavy atom. The number of aryl methyl sites for hydroxylation is 1. The molecular formula is C25H23N3O3. The molecule has 0 aliphatic heterocycles. The lowest BCUT2D eigenvalue weighted by Crippen LogP contribution is -2.31. The molecule has 4 aromatic rings. The fraction of sp³-hybridized carbons (Fsp3) is 0.160. The van der Waals surface area contributed by atoms with Gasteiger partial charge in [0.15, 0.2) is 6.61 Å². The van der Waals surface area contributed by atoms with Crippen LogP contribution in [0.5, 0.6) is 5.75 Å². The number of benzene rings is 3. The number of hydrogen-bond donors (Lipinski definition) is 1. The number of hydrogen-bond acceptors (Lipinski definition) is 5. The summed E-state index contributed by atoms with van der Waals surface area (Å²) >= 11 is 0. The van der Waals surface area contributed by atoms with Crippen LogP contribution in [0.15, 0.2) is 83.4 Å². The van der Waals surface area contributed by atoms with Crippen molar-refractivity contribution in [1.29, 1.82) is 0 Å². The third-order valence-electron chi connectivity index (χ3n) is 4.88. The number of nitrogens with zero attached hydrogens (tertiary/aromatic N) is 2. The lowest BCUT2D eigenvalue weighted by Gasteiger charge is -2.14. The Balaban J connectivity index is 1.33. The molecule has 1 aromatic heterocycles. The molecule has 1 heterocycles. The summed E-state index contributed by atoms with van der Waals surface area (Å²) in [6.07, 6.45) is 0. The Labute approximate surface area is 180 Å². The van der Waals surface area contributed by atoms with Gasteiger partial charge in [-0.1, -0.05) is 65.3 Å². The molecule has 0 saturated carbocycles. The number of ether oxygens (including phenoxy) is 1. The van der Waals surface area contributed by atoms with Gasteiger partial charge in [0.2, 0.25) is 5.82 Å². The van der Waals surface area contributed by atoms with Crippen molar-refractivity contribution >= 4 is 5.91 Å². The fourth-order valence-corrected chi connectivity index (χ4v) is 3.11. The van der Waals surface area contributed by atoms with Crippen molar-refractivity contribution in [2.75, 3.05) is 6.61 Å². The van der Waals surface area contributed by atoms with Gasteiger partial charge in [0.05, 0.1) is 6.04 Å². The second kappa shape index (κ2) is 9.26. The van der Waals surface area contributed by atoms with Gasteiger partial charge in [-0.3, -0.25) is 4.79 Å². The molecule has 1 atom stereocenters. The van der Waals surface area contributed by atoms with Gasteiger partial charge in [-0.25, -0.2) is 0 Å². The molecule has 0 unspecified atom stereocenters. The summed E-state index contributed by atoms with van der Waals surface area (Å²) in [5.74, 6) is 1.38. The van der Waals surface area contributed by atoms with Gasteiger partial charge in [0.1, 0.15) is 5.75 Å². The molecule has 4 rings (SSSR count). The minimum absolute atomic E-state index is 0.0609. The molecule has 0 aliphatic rings. The molecule has 6 heteroatoms. The molecule has 0 fully saturated rings. The number of amides is 1. The number of carbonyl (C=O) groups excluding carboxylic acids is 1. The zero-order valence-electron chi connectivity index (χ0n) is 17.4. The van der Waals surface area contributed by atoms with Crippen molar-refractivity contribution in [2.45, 2.75) is 19.9 Å². The van der Waals surface area contributed by atoms with Gasteiger partial charge < -0.3 is 14.6 Å². The Morgan fingerprint density at radius 3 is 2.35 bits per heavy atom. The minimum Gasteiger partial charge on any atom is -0.484 e. The van der Waals surface area contributed by atoms with Crippen LogP contribution in [0.1, 0.15) is 24.1 Å². The van der Waals surface area contributed by atoms with Crippen LogP contribution in [0, 0.1) is 6.92 Å². The van der Waals surface area contributed by atoms with Gasteiger partial charge in [-0.2, -0.15) is 4.98 Å². The van der Waals surface area contributed by atoms with Crippen LogP contribution in [0.4, 0.5) is 0 Å². The Hall–Kier alpha value is -3.93. The van der Waals surface area contributed by atoms with Gasteiger partial charge in [0.25, 0.3) is 11.8 Å². The number of rotatable bonds is 7. The summed E-state index contributed by atoms with van der Waals surface area (Å²) in [4.78, 5) is 16.6. The van der Waals surface area contributed by atoms with Crippen LogP contribution in [-0.2, 0) is 4.79 Å². The highest BCUT2D eigenvalue weighted by Crippen LogP contribution is 2.24. The lowest BCUT2D eigenvalue weighted by molar-refractivity contribution is -0.123. The topological polar surface area (TPSA) is 77.2 Å². The highest BCUT2D eigenvalue weighted by atomic mass is 16.5. The second-order valence-corrected chi connectivity index (χ2v) is 7.30. The molecule has 1 N–H and O–H groups in total. The molecule has 0 aliphatic carbocycles. The highest BCUT2D eigenvalue weighted by Gasteiger charge is 2.12. The van der Waals surface area contributed by atoms with Crippen LogP contribution >= 0.6 is 0 Å². The first-order chi connectivity index (χ1) is 15.1. The van der Waals surface area contributed by atoms with Gasteiger partial charge in [-0.05, 0) is 43.7 Å². The minimum atomic E-state index is -0.180. The van der Waals surface area contributed by atoms with E-state index in [-0.39, 0.29) is 18.6 Å². The molecule has 0 radical (unpaired) electrons. The van der Waals surface area contributed by atoms with Crippen LogP contribution in [0.2, 0.25) is 0 Å². The van der Waals surface area contributed by atoms with E-state index >= 15 is 0 Å². The van der Waals surface area contributed by atoms with Gasteiger partial charge >= 0.3 is 0 Å². The van der Waals surface area contributed by atoms with Crippen LogP contribution in [0.25, 0.3) is 22.8 Å². The zero-order chi connectivity index (χ0) is 21.6. The molecule has 0 bridgehead atoms. The molecule has 3 aromatic carbocycles. The molecule has 31 heavy (non-hydrogen) atoms. The first kappa shape index (κ1) is 20.3. The average Bonchev–Trinajstić information content (AvgIpc) is 3.29. The molecular weight excluding hydrogens is 390 g/mol. The summed E-state index contributed by atoms with van der Waals surface area (Å²) in [6, 6.07) is 24.9. The van der Waals surface area contributed by atoms with Gasteiger partial charge in [0, 0.05) is 11.1 Å². The van der Waals surface area contributed by atoms with E-state index in [1.54, 1.807) is 12.1 Å². The standard InChI is InChI=1S/C25H23N3O3/c1-17-8-10-20(11-9-17)24-27-25(31-28-24)21-12-14-22(15-13-21)30-16-23(29)26-18(2)19-6-4-3-5-7-19/h3-15,18H,16H2,1-2H3,(H,26,29)/t18-/m1/s1. The summed E-state index contributed by atoms with van der Waals surface area (Å²) in [7, 11) is 0. The molecule has 0 spiro atoms. The fourth-order valence-electron chi connectivity index (χ4n) is 3.11. The van der Waals surface area contributed by atoms with Crippen LogP contribution in [0.3, 0.4) is 0 Å². The van der Waals surface area contributed by atoms with E-state index in [0.717, 1.165) is 16.7 Å². The Kier molecular flexibility index (Phi) is 6.08. The zero-order valence-corrected chi connectivity index (χ0v) is 17.4. The van der Waals surface area contributed by atoms with Crippen molar-refractivity contribution in [2.24, 2.45) is 0 Å². The maximum absolute atomic E-state index is 12.2. The van der Waals surface area contributed by atoms with Crippen LogP contribution in [-0.4, -0.2) is 22.7 Å². The second-order valence-electron chi connectivity index (χ2n) is 7.30. The van der Waals surface area contributed by atoms with Crippen molar-refractivity contribution in [3.8, 4) is 28.6 Å². The normalized spacial score (nSPS) is 11.7. The smallest absolute Gasteiger partial charge is 0.258 e. The largest absolute Gasteiger partial charge is 0.484 e. The summed E-state index contributed by atoms with van der Waals surface area (Å²) < 4.78 is 11.0. The molecule has 0 saturated heterocycles. The van der Waals surface area contributed by atoms with E-state index in [0.29, 0.717) is 17.5 Å². The molecule has 1 amide bonds. The van der Waals surface area contributed by atoms with Gasteiger partial charge in [-0.15, -0.1) is 0 Å².